The van der Waals surface area contributed by atoms with E-state index in [0.717, 1.165) is 21.0 Å². The first kappa shape index (κ1) is 23.8. The predicted molar refractivity (Wildman–Crippen MR) is 127 cm³/mol. The number of hydrogen-bond donors (Lipinski definition) is 3. The van der Waals surface area contributed by atoms with Gasteiger partial charge in [0.05, 0.1) is 11.4 Å². The highest BCUT2D eigenvalue weighted by atomic mass is 35.5. The smallest absolute Gasteiger partial charge is 0.274 e. The molecule has 0 aliphatic carbocycles. The van der Waals surface area contributed by atoms with E-state index in [9.17, 15) is 28.4 Å². The summed E-state index contributed by atoms with van der Waals surface area (Å²) in [5.41, 5.74) is -0.475. The Hall–Kier alpha value is -3.39. The van der Waals surface area contributed by atoms with E-state index in [1.54, 1.807) is 12.1 Å². The summed E-state index contributed by atoms with van der Waals surface area (Å²) in [6, 6.07) is 14.1. The Morgan fingerprint density at radius 3 is 2.41 bits per heavy atom. The van der Waals surface area contributed by atoms with Crippen LogP contribution in [0.15, 0.2) is 77.3 Å². The minimum atomic E-state index is -4.37. The molecule has 1 fully saturated rings. The molecule has 2 heterocycles. The molecule has 0 saturated carbocycles. The molecule has 1 aliphatic heterocycles. The van der Waals surface area contributed by atoms with Crippen LogP contribution < -0.4 is 15.4 Å². The normalized spacial score (nSPS) is 16.6. The Morgan fingerprint density at radius 2 is 1.74 bits per heavy atom. The number of nitrogens with one attached hydrogen (secondary N) is 2. The molecular weight excluding hydrogens is 504 g/mol. The van der Waals surface area contributed by atoms with E-state index in [-0.39, 0.29) is 16.4 Å². The van der Waals surface area contributed by atoms with Crippen molar-refractivity contribution in [2.24, 2.45) is 0 Å². The van der Waals surface area contributed by atoms with Crippen LogP contribution in [0.1, 0.15) is 5.69 Å². The van der Waals surface area contributed by atoms with Gasteiger partial charge >= 0.3 is 0 Å². The van der Waals surface area contributed by atoms with Crippen LogP contribution in [-0.4, -0.2) is 34.5 Å². The number of nitrogens with zero attached hydrogens (tertiary/aromatic N) is 2. The van der Waals surface area contributed by atoms with Crippen LogP contribution in [0.3, 0.4) is 0 Å². The fourth-order valence-corrected chi connectivity index (χ4v) is 5.24. The fourth-order valence-electron chi connectivity index (χ4n) is 3.31. The zero-order chi connectivity index (χ0) is 24.6. The van der Waals surface area contributed by atoms with E-state index in [2.05, 4.69) is 5.32 Å². The lowest BCUT2D eigenvalue weighted by atomic mass is 10.1. The number of amides is 2. The van der Waals surface area contributed by atoms with Gasteiger partial charge in [-0.05, 0) is 60.8 Å². The van der Waals surface area contributed by atoms with Crippen LogP contribution in [0.4, 0.5) is 11.4 Å². The van der Waals surface area contributed by atoms with Crippen LogP contribution in [0, 0.1) is 5.21 Å². The molecule has 3 aromatic rings. The maximum absolute atomic E-state index is 13.3. The van der Waals surface area contributed by atoms with Gasteiger partial charge in [0.25, 0.3) is 21.8 Å². The lowest BCUT2D eigenvalue weighted by molar-refractivity contribution is -0.992. The first-order chi connectivity index (χ1) is 16.1. The summed E-state index contributed by atoms with van der Waals surface area (Å²) < 4.78 is 27.3. The maximum Gasteiger partial charge on any atom is 0.274 e. The number of carbonyl (C=O) groups is 2. The molecule has 0 bridgehead atoms. The number of carbonyl (C=O) groups excluding carboxylic acids is 2. The van der Waals surface area contributed by atoms with Crippen molar-refractivity contribution in [2.45, 2.75) is 4.90 Å². The zero-order valence-corrected chi connectivity index (χ0v) is 19.4. The third-order valence-corrected chi connectivity index (χ3v) is 7.17. The summed E-state index contributed by atoms with van der Waals surface area (Å²) in [6.45, 7) is 0. The van der Waals surface area contributed by atoms with Crippen LogP contribution in [0.25, 0.3) is 6.08 Å². The molecule has 2 amide bonds. The lowest BCUT2D eigenvalue weighted by Gasteiger charge is -2.29. The molecule has 1 aliphatic rings. The SMILES string of the molecule is O=C1NC(=S)N(c2ccc(Cl)cc2)C(=O)/C1=C/c1cccn1S(=O)(=O)c1ccccc1[NH+]([O-])O. The minimum absolute atomic E-state index is 0.0393. The Labute approximate surface area is 203 Å². The van der Waals surface area contributed by atoms with Crippen molar-refractivity contribution in [2.75, 3.05) is 4.90 Å². The first-order valence-electron chi connectivity index (χ1n) is 9.53. The molecule has 0 spiro atoms. The van der Waals surface area contributed by atoms with Crippen molar-refractivity contribution in [3.8, 4) is 0 Å². The highest BCUT2D eigenvalue weighted by Crippen LogP contribution is 2.26. The molecule has 2 aromatic carbocycles. The molecule has 174 valence electrons. The summed E-state index contributed by atoms with van der Waals surface area (Å²) in [4.78, 5) is 26.4. The molecule has 3 N–H and O–H groups in total. The van der Waals surface area contributed by atoms with Crippen LogP contribution in [-0.2, 0) is 19.6 Å². The number of quaternary nitrogens is 1. The van der Waals surface area contributed by atoms with Gasteiger partial charge in [-0.1, -0.05) is 23.7 Å². The maximum atomic E-state index is 13.3. The summed E-state index contributed by atoms with van der Waals surface area (Å²) in [5.74, 6) is -1.58. The van der Waals surface area contributed by atoms with Gasteiger partial charge in [-0.3, -0.25) is 19.8 Å². The number of para-hydroxylation sites is 1. The largest absolute Gasteiger partial charge is 0.595 e. The predicted octanol–water partition coefficient (Wildman–Crippen LogP) is 1.61. The summed E-state index contributed by atoms with van der Waals surface area (Å²) in [6.07, 6.45) is 2.29. The number of halogens is 1. The number of anilines is 1. The van der Waals surface area contributed by atoms with Crippen molar-refractivity contribution >= 4 is 68.2 Å². The summed E-state index contributed by atoms with van der Waals surface area (Å²) in [7, 11) is -4.37. The Balaban J connectivity index is 1.78. The second-order valence-corrected chi connectivity index (χ2v) is 9.58. The van der Waals surface area contributed by atoms with Crippen LogP contribution in [0.5, 0.6) is 0 Å². The second kappa shape index (κ2) is 9.10. The Morgan fingerprint density at radius 1 is 1.06 bits per heavy atom. The quantitative estimate of drug-likeness (QED) is 0.202. The van der Waals surface area contributed by atoms with E-state index in [0.29, 0.717) is 10.7 Å². The molecule has 10 nitrogen and oxygen atoms in total. The third-order valence-electron chi connectivity index (χ3n) is 4.88. The van der Waals surface area contributed by atoms with Crippen molar-refractivity contribution in [1.82, 2.24) is 9.29 Å². The lowest BCUT2D eigenvalue weighted by Crippen LogP contribution is -2.99. The highest BCUT2D eigenvalue weighted by molar-refractivity contribution is 7.90. The molecule has 13 heteroatoms. The molecule has 1 aromatic heterocycles. The molecule has 1 saturated heterocycles. The molecule has 1 atom stereocenters. The van der Waals surface area contributed by atoms with Crippen LogP contribution in [0.2, 0.25) is 5.02 Å². The topological polar surface area (TPSA) is 136 Å². The van der Waals surface area contributed by atoms with Gasteiger partial charge < -0.3 is 5.21 Å². The average molecular weight is 519 g/mol. The summed E-state index contributed by atoms with van der Waals surface area (Å²) in [5, 5.41) is 22.2. The number of thiocarbonyl (C=S) groups is 1. The van der Waals surface area contributed by atoms with Gasteiger partial charge in [0.15, 0.2) is 15.7 Å². The van der Waals surface area contributed by atoms with Crippen molar-refractivity contribution in [3.05, 3.63) is 88.4 Å². The van der Waals surface area contributed by atoms with Crippen molar-refractivity contribution < 1.29 is 28.4 Å². The molecule has 1 unspecified atom stereocenters. The van der Waals surface area contributed by atoms with Gasteiger partial charge in [-0.15, -0.1) is 0 Å². The Bertz CT molecular complexity index is 1450. The average Bonchev–Trinajstić information content (AvgIpc) is 3.27. The van der Waals surface area contributed by atoms with Crippen molar-refractivity contribution in [1.29, 1.82) is 0 Å². The molecule has 0 radical (unpaired) electrons. The number of aromatic nitrogens is 1. The van der Waals surface area contributed by atoms with Gasteiger partial charge in [0.2, 0.25) is 0 Å². The molecular formula is C21H15ClN4O6S2. The second-order valence-electron chi connectivity index (χ2n) is 6.97. The van der Waals surface area contributed by atoms with Gasteiger partial charge in [0, 0.05) is 17.3 Å². The standard InChI is InChI=1S/C21H15ClN4O6S2/c22-13-7-9-14(10-8-13)25-20(28)16(19(27)23-21(25)33)12-15-4-3-11-24(15)34(31,32)18-6-2-1-5-17(18)26(29)30/h1-12,26,29H,(H,23,27,33)/b16-12+. The first-order valence-corrected chi connectivity index (χ1v) is 11.8. The number of rotatable bonds is 5. The number of hydrogen-bond acceptors (Lipinski definition) is 7. The third kappa shape index (κ3) is 4.25. The van der Waals surface area contributed by atoms with Gasteiger partial charge in [0.1, 0.15) is 5.57 Å². The molecule has 4 rings (SSSR count). The van der Waals surface area contributed by atoms with E-state index in [1.807, 2.05) is 0 Å². The fraction of sp³-hybridized carbons (Fsp3) is 0. The zero-order valence-electron chi connectivity index (χ0n) is 17.0. The van der Waals surface area contributed by atoms with E-state index in [4.69, 9.17) is 23.8 Å². The van der Waals surface area contributed by atoms with E-state index < -0.39 is 37.6 Å². The highest BCUT2D eigenvalue weighted by Gasteiger charge is 2.35. The van der Waals surface area contributed by atoms with E-state index in [1.165, 1.54) is 48.7 Å². The minimum Gasteiger partial charge on any atom is -0.595 e. The van der Waals surface area contributed by atoms with E-state index >= 15 is 0 Å². The summed E-state index contributed by atoms with van der Waals surface area (Å²) >= 11 is 11.0. The molecule has 34 heavy (non-hydrogen) atoms. The van der Waals surface area contributed by atoms with Crippen LogP contribution >= 0.6 is 23.8 Å². The van der Waals surface area contributed by atoms with Gasteiger partial charge in [-0.25, -0.2) is 17.6 Å². The monoisotopic (exact) mass is 518 g/mol. The Kier molecular flexibility index (Phi) is 6.36. The number of benzene rings is 2. The van der Waals surface area contributed by atoms with Gasteiger partial charge in [-0.2, -0.15) is 5.23 Å². The van der Waals surface area contributed by atoms with Crippen molar-refractivity contribution in [3.63, 3.8) is 0 Å².